The number of nitro groups is 1. The molecule has 0 amide bonds. The number of hydrogen-bond acceptors (Lipinski definition) is 5. The van der Waals surface area contributed by atoms with Crippen LogP contribution in [-0.2, 0) is 4.79 Å². The highest BCUT2D eigenvalue weighted by molar-refractivity contribution is 5.82. The molecule has 0 unspecified atom stereocenters. The first-order chi connectivity index (χ1) is 10.2. The van der Waals surface area contributed by atoms with E-state index >= 15 is 0 Å². The minimum Gasteiger partial charge on any atom is -0.470 e. The smallest absolute Gasteiger partial charge is 0.298 e. The molecule has 0 saturated heterocycles. The first kappa shape index (κ1) is 13.1. The van der Waals surface area contributed by atoms with Crippen molar-refractivity contribution in [3.63, 3.8) is 0 Å². The lowest BCUT2D eigenvalue weighted by molar-refractivity contribution is -0.435. The molecule has 2 aromatic rings. The van der Waals surface area contributed by atoms with Crippen molar-refractivity contribution in [2.24, 2.45) is 0 Å². The maximum atomic E-state index is 11.5. The molecular formula is C15H11NO5. The Morgan fingerprint density at radius 3 is 2.71 bits per heavy atom. The lowest BCUT2D eigenvalue weighted by Crippen LogP contribution is -2.22. The van der Waals surface area contributed by atoms with Gasteiger partial charge in [0.1, 0.15) is 12.0 Å². The molecule has 1 atom stereocenters. The van der Waals surface area contributed by atoms with E-state index in [1.54, 1.807) is 36.4 Å². The molecule has 1 aromatic carbocycles. The van der Waals surface area contributed by atoms with Crippen LogP contribution in [0.1, 0.15) is 23.8 Å². The van der Waals surface area contributed by atoms with Crippen molar-refractivity contribution >= 4 is 11.9 Å². The molecule has 6 heteroatoms. The van der Waals surface area contributed by atoms with Gasteiger partial charge in [0.05, 0.1) is 11.2 Å². The number of fused-ring (bicyclic) bond motifs is 1. The number of hydrogen-bond donors (Lipinski definition) is 0. The number of carbonyl (C=O) groups is 1. The van der Waals surface area contributed by atoms with Crippen LogP contribution in [0.2, 0.25) is 0 Å². The molecule has 0 N–H and O–H groups in total. The lowest BCUT2D eigenvalue weighted by atomic mass is 9.94. The van der Waals surface area contributed by atoms with E-state index in [9.17, 15) is 14.9 Å². The van der Waals surface area contributed by atoms with Crippen LogP contribution in [0.15, 0.2) is 52.8 Å². The Morgan fingerprint density at radius 1 is 1.24 bits per heavy atom. The summed E-state index contributed by atoms with van der Waals surface area (Å²) in [5, 5.41) is 11.5. The number of rotatable bonds is 4. The second-order valence-corrected chi connectivity index (χ2v) is 4.50. The highest BCUT2D eigenvalue weighted by atomic mass is 16.6. The van der Waals surface area contributed by atoms with Crippen LogP contribution in [0.3, 0.4) is 0 Å². The second-order valence-electron chi connectivity index (χ2n) is 4.50. The third-order valence-electron chi connectivity index (χ3n) is 3.30. The number of nitrogens with zero attached hydrogens (tertiary/aromatic N) is 1. The molecule has 6 nitrogen and oxygen atoms in total. The Bertz CT molecular complexity index is 717. The number of para-hydroxylation sites is 1. The van der Waals surface area contributed by atoms with Crippen molar-refractivity contribution in [3.05, 3.63) is 69.8 Å². The van der Waals surface area contributed by atoms with Crippen LogP contribution in [-0.4, -0.2) is 11.2 Å². The average Bonchev–Trinajstić information content (AvgIpc) is 3.01. The first-order valence-corrected chi connectivity index (χ1v) is 6.33. The average molecular weight is 285 g/mol. The van der Waals surface area contributed by atoms with Gasteiger partial charge in [-0.15, -0.1) is 0 Å². The van der Waals surface area contributed by atoms with E-state index in [2.05, 4.69) is 0 Å². The van der Waals surface area contributed by atoms with E-state index in [1.165, 1.54) is 6.26 Å². The van der Waals surface area contributed by atoms with Crippen LogP contribution in [0, 0.1) is 10.1 Å². The molecular weight excluding hydrogens is 274 g/mol. The molecule has 2 heterocycles. The second kappa shape index (κ2) is 5.24. The first-order valence-electron chi connectivity index (χ1n) is 6.33. The highest BCUT2D eigenvalue weighted by Gasteiger charge is 2.39. The van der Waals surface area contributed by atoms with Gasteiger partial charge in [0.2, 0.25) is 6.10 Å². The minimum atomic E-state index is -0.958. The number of ether oxygens (including phenoxy) is 1. The zero-order valence-electron chi connectivity index (χ0n) is 10.9. The summed E-state index contributed by atoms with van der Waals surface area (Å²) < 4.78 is 11.0. The number of furan rings is 1. The normalized spacial score (nSPS) is 17.0. The van der Waals surface area contributed by atoms with Gasteiger partial charge >= 0.3 is 0 Å². The van der Waals surface area contributed by atoms with Crippen LogP contribution >= 0.6 is 0 Å². The molecule has 0 fully saturated rings. The zero-order valence-corrected chi connectivity index (χ0v) is 10.9. The largest absolute Gasteiger partial charge is 0.470 e. The summed E-state index contributed by atoms with van der Waals surface area (Å²) in [5.41, 5.74) is 0.771. The molecule has 1 aliphatic heterocycles. The van der Waals surface area contributed by atoms with Gasteiger partial charge in [-0.2, -0.15) is 0 Å². The lowest BCUT2D eigenvalue weighted by Gasteiger charge is -2.24. The van der Waals surface area contributed by atoms with E-state index in [1.807, 2.05) is 0 Å². The topological polar surface area (TPSA) is 82.6 Å². The van der Waals surface area contributed by atoms with Crippen LogP contribution in [0.25, 0.3) is 5.57 Å². The number of aldehydes is 1. The molecule has 1 aromatic heterocycles. The fourth-order valence-corrected chi connectivity index (χ4v) is 2.43. The van der Waals surface area contributed by atoms with Crippen molar-refractivity contribution in [2.75, 3.05) is 0 Å². The third-order valence-corrected chi connectivity index (χ3v) is 3.30. The van der Waals surface area contributed by atoms with Crippen molar-refractivity contribution in [2.45, 2.75) is 12.5 Å². The van der Waals surface area contributed by atoms with Crippen LogP contribution in [0.5, 0.6) is 5.75 Å². The predicted octanol–water partition coefficient (Wildman–Crippen LogP) is 2.99. The fourth-order valence-electron chi connectivity index (χ4n) is 2.43. The quantitative estimate of drug-likeness (QED) is 0.490. The predicted molar refractivity (Wildman–Crippen MR) is 73.1 cm³/mol. The number of benzene rings is 1. The monoisotopic (exact) mass is 285 g/mol. The van der Waals surface area contributed by atoms with Crippen molar-refractivity contribution in [3.8, 4) is 5.75 Å². The Hall–Kier alpha value is -2.89. The van der Waals surface area contributed by atoms with Gasteiger partial charge in [0.25, 0.3) is 5.70 Å². The maximum Gasteiger partial charge on any atom is 0.298 e. The van der Waals surface area contributed by atoms with Gasteiger partial charge in [0, 0.05) is 17.6 Å². The molecule has 0 saturated carbocycles. The van der Waals surface area contributed by atoms with Gasteiger partial charge in [-0.05, 0) is 18.2 Å². The Labute approximate surface area is 119 Å². The van der Waals surface area contributed by atoms with E-state index in [-0.39, 0.29) is 12.1 Å². The summed E-state index contributed by atoms with van der Waals surface area (Å²) in [4.78, 5) is 21.9. The summed E-state index contributed by atoms with van der Waals surface area (Å²) in [6.45, 7) is 0. The van der Waals surface area contributed by atoms with E-state index in [4.69, 9.17) is 9.15 Å². The zero-order chi connectivity index (χ0) is 14.8. The molecule has 0 radical (unpaired) electrons. The number of carbonyl (C=O) groups excluding carboxylic acids is 1. The summed E-state index contributed by atoms with van der Waals surface area (Å²) in [6, 6.07) is 10.2. The standard InChI is InChI=1S/C15H11NO5/c17-8-7-11-10-4-1-2-5-12(10)21-15(14(11)16(18)19)13-6-3-9-20-13/h1-6,8-9,15H,7H2/t15-/m0/s1. The summed E-state index contributed by atoms with van der Waals surface area (Å²) in [7, 11) is 0. The Kier molecular flexibility index (Phi) is 3.27. The van der Waals surface area contributed by atoms with Crippen LogP contribution < -0.4 is 4.74 Å². The maximum absolute atomic E-state index is 11.5. The van der Waals surface area contributed by atoms with Gasteiger partial charge < -0.3 is 13.9 Å². The molecule has 0 spiro atoms. The van der Waals surface area contributed by atoms with Gasteiger partial charge in [-0.3, -0.25) is 10.1 Å². The molecule has 0 aliphatic carbocycles. The summed E-state index contributed by atoms with van der Waals surface area (Å²) in [6.07, 6.45) is 1.07. The number of allylic oxidation sites excluding steroid dienone is 1. The molecule has 3 rings (SSSR count). The molecule has 106 valence electrons. The van der Waals surface area contributed by atoms with Gasteiger partial charge in [-0.1, -0.05) is 18.2 Å². The Morgan fingerprint density at radius 2 is 2.05 bits per heavy atom. The van der Waals surface area contributed by atoms with E-state index < -0.39 is 11.0 Å². The summed E-state index contributed by atoms with van der Waals surface area (Å²) in [5.74, 6) is 0.834. The van der Waals surface area contributed by atoms with Gasteiger partial charge in [0.15, 0.2) is 5.76 Å². The highest BCUT2D eigenvalue weighted by Crippen LogP contribution is 2.43. The molecule has 0 bridgehead atoms. The minimum absolute atomic E-state index is 0.0477. The molecule has 21 heavy (non-hydrogen) atoms. The Balaban J connectivity index is 2.23. The van der Waals surface area contributed by atoms with Crippen LogP contribution in [0.4, 0.5) is 0 Å². The SMILES string of the molecule is O=CCC1=C([N+](=O)[O-])[C@H](c2ccco2)Oc2ccccc21. The van der Waals surface area contributed by atoms with E-state index in [0.29, 0.717) is 28.9 Å². The van der Waals surface area contributed by atoms with Crippen molar-refractivity contribution in [1.29, 1.82) is 0 Å². The molecule has 1 aliphatic rings. The van der Waals surface area contributed by atoms with Crippen molar-refractivity contribution < 1.29 is 18.9 Å². The van der Waals surface area contributed by atoms with Gasteiger partial charge in [-0.25, -0.2) is 0 Å². The van der Waals surface area contributed by atoms with Crippen molar-refractivity contribution in [1.82, 2.24) is 0 Å². The fraction of sp³-hybridized carbons (Fsp3) is 0.133. The summed E-state index contributed by atoms with van der Waals surface area (Å²) >= 11 is 0. The third kappa shape index (κ3) is 2.20. The van der Waals surface area contributed by atoms with E-state index in [0.717, 1.165) is 0 Å².